The predicted octanol–water partition coefficient (Wildman–Crippen LogP) is 3.84. The van der Waals surface area contributed by atoms with Gasteiger partial charge in [-0.25, -0.2) is 0 Å². The van der Waals surface area contributed by atoms with E-state index < -0.39 is 0 Å². The maximum absolute atomic E-state index is 12.8. The van der Waals surface area contributed by atoms with Gasteiger partial charge in [0.2, 0.25) is 0 Å². The lowest BCUT2D eigenvalue weighted by Gasteiger charge is -2.32. The van der Waals surface area contributed by atoms with Crippen LogP contribution in [-0.2, 0) is 12.8 Å². The molecule has 0 aromatic heterocycles. The highest BCUT2D eigenvalue weighted by Crippen LogP contribution is 2.31. The van der Waals surface area contributed by atoms with Crippen LogP contribution in [0.4, 0.5) is 11.4 Å². The van der Waals surface area contributed by atoms with Crippen LogP contribution in [0.1, 0.15) is 35.3 Å². The highest BCUT2D eigenvalue weighted by Gasteiger charge is 2.27. The number of carbonyl (C=O) groups is 1. The number of para-hydroxylation sites is 2. The average molecular weight is 280 g/mol. The third kappa shape index (κ3) is 2.29. The third-order valence-electron chi connectivity index (χ3n) is 4.07. The van der Waals surface area contributed by atoms with Gasteiger partial charge in [0.15, 0.2) is 0 Å². The van der Waals surface area contributed by atoms with Crippen molar-refractivity contribution in [3.63, 3.8) is 0 Å². The van der Waals surface area contributed by atoms with Gasteiger partial charge in [0.05, 0.1) is 17.9 Å². The lowest BCUT2D eigenvalue weighted by Crippen LogP contribution is -2.41. The van der Waals surface area contributed by atoms with E-state index in [-0.39, 0.29) is 5.91 Å². The van der Waals surface area contributed by atoms with Crippen LogP contribution in [0.3, 0.4) is 0 Å². The molecular weight excluding hydrogens is 260 g/mol. The fraction of sp³-hybridized carbons (Fsp3) is 0.278. The summed E-state index contributed by atoms with van der Waals surface area (Å²) in [7, 11) is 0. The molecular formula is C18H20N2O. The van der Waals surface area contributed by atoms with Crippen molar-refractivity contribution in [2.45, 2.75) is 26.7 Å². The van der Waals surface area contributed by atoms with Gasteiger partial charge >= 0.3 is 0 Å². The molecule has 0 bridgehead atoms. The van der Waals surface area contributed by atoms with Gasteiger partial charge in [-0.2, -0.15) is 0 Å². The van der Waals surface area contributed by atoms with Gasteiger partial charge in [0.25, 0.3) is 5.91 Å². The molecule has 1 amide bonds. The number of hydrogen-bond acceptors (Lipinski definition) is 2. The summed E-state index contributed by atoms with van der Waals surface area (Å²) in [5, 5.41) is 3.35. The molecule has 3 rings (SSSR count). The van der Waals surface area contributed by atoms with E-state index in [1.54, 1.807) is 0 Å². The zero-order valence-corrected chi connectivity index (χ0v) is 12.5. The number of carbonyl (C=O) groups excluding carboxylic acids is 1. The Labute approximate surface area is 125 Å². The molecule has 21 heavy (non-hydrogen) atoms. The number of benzene rings is 2. The van der Waals surface area contributed by atoms with Crippen LogP contribution >= 0.6 is 0 Å². The Morgan fingerprint density at radius 1 is 1.00 bits per heavy atom. The maximum Gasteiger partial charge on any atom is 0.261 e. The second-order valence-corrected chi connectivity index (χ2v) is 5.25. The van der Waals surface area contributed by atoms with E-state index in [4.69, 9.17) is 0 Å². The number of nitrogens with one attached hydrogen (secondary N) is 1. The van der Waals surface area contributed by atoms with Crippen LogP contribution in [0.15, 0.2) is 42.5 Å². The maximum atomic E-state index is 12.8. The standard InChI is InChI=1S/C18H20N2O/c1-3-13-8-7-9-14(4-2)17(13)20-12-19-16-11-6-5-10-15(16)18(20)21/h5-11,19H,3-4,12H2,1-2H3. The summed E-state index contributed by atoms with van der Waals surface area (Å²) >= 11 is 0. The Morgan fingerprint density at radius 3 is 2.33 bits per heavy atom. The number of aryl methyl sites for hydroxylation is 2. The Balaban J connectivity index is 2.09. The first kappa shape index (κ1) is 13.7. The summed E-state index contributed by atoms with van der Waals surface area (Å²) in [6.07, 6.45) is 1.85. The number of rotatable bonds is 3. The minimum atomic E-state index is 0.0833. The van der Waals surface area contributed by atoms with Crippen molar-refractivity contribution in [3.05, 3.63) is 59.2 Å². The van der Waals surface area contributed by atoms with Crippen LogP contribution in [0.25, 0.3) is 0 Å². The van der Waals surface area contributed by atoms with Gasteiger partial charge in [-0.15, -0.1) is 0 Å². The van der Waals surface area contributed by atoms with E-state index in [2.05, 4.69) is 37.4 Å². The van der Waals surface area contributed by atoms with Crippen LogP contribution in [-0.4, -0.2) is 12.6 Å². The van der Waals surface area contributed by atoms with Gasteiger partial charge in [-0.1, -0.05) is 44.2 Å². The van der Waals surface area contributed by atoms with Gasteiger partial charge in [-0.3, -0.25) is 9.69 Å². The van der Waals surface area contributed by atoms with E-state index in [9.17, 15) is 4.79 Å². The summed E-state index contributed by atoms with van der Waals surface area (Å²) in [5.41, 5.74) is 5.20. The molecule has 108 valence electrons. The monoisotopic (exact) mass is 280 g/mol. The Kier molecular flexibility index (Phi) is 3.65. The summed E-state index contributed by atoms with van der Waals surface area (Å²) in [5.74, 6) is 0.0833. The van der Waals surface area contributed by atoms with E-state index in [1.807, 2.05) is 29.2 Å². The summed E-state index contributed by atoms with van der Waals surface area (Å²) in [4.78, 5) is 14.7. The Hall–Kier alpha value is -2.29. The van der Waals surface area contributed by atoms with Gasteiger partial charge in [-0.05, 0) is 36.1 Å². The average Bonchev–Trinajstić information content (AvgIpc) is 2.55. The summed E-state index contributed by atoms with van der Waals surface area (Å²) in [6, 6.07) is 14.0. The van der Waals surface area contributed by atoms with Crippen LogP contribution < -0.4 is 10.2 Å². The van der Waals surface area contributed by atoms with Crippen molar-refractivity contribution in [2.75, 3.05) is 16.9 Å². The topological polar surface area (TPSA) is 32.3 Å². The molecule has 1 N–H and O–H groups in total. The first-order valence-electron chi connectivity index (χ1n) is 7.51. The quantitative estimate of drug-likeness (QED) is 0.926. The summed E-state index contributed by atoms with van der Waals surface area (Å²) in [6.45, 7) is 4.79. The minimum absolute atomic E-state index is 0.0833. The third-order valence-corrected chi connectivity index (χ3v) is 4.07. The minimum Gasteiger partial charge on any atom is -0.367 e. The Bertz CT molecular complexity index is 656. The zero-order valence-electron chi connectivity index (χ0n) is 12.5. The van der Waals surface area contributed by atoms with Gasteiger partial charge < -0.3 is 5.32 Å². The molecule has 0 unspecified atom stereocenters. The second kappa shape index (κ2) is 5.60. The van der Waals surface area contributed by atoms with Crippen molar-refractivity contribution in [1.82, 2.24) is 0 Å². The Morgan fingerprint density at radius 2 is 1.67 bits per heavy atom. The van der Waals surface area contributed by atoms with Crippen molar-refractivity contribution >= 4 is 17.3 Å². The van der Waals surface area contributed by atoms with Crippen molar-refractivity contribution in [1.29, 1.82) is 0 Å². The van der Waals surface area contributed by atoms with Crippen molar-refractivity contribution < 1.29 is 4.79 Å². The number of hydrogen-bond donors (Lipinski definition) is 1. The molecule has 1 heterocycles. The van der Waals surface area contributed by atoms with Crippen LogP contribution in [0.2, 0.25) is 0 Å². The molecule has 0 fully saturated rings. The van der Waals surface area contributed by atoms with Crippen molar-refractivity contribution in [3.8, 4) is 0 Å². The van der Waals surface area contributed by atoms with Gasteiger partial charge in [0.1, 0.15) is 0 Å². The molecule has 3 nitrogen and oxygen atoms in total. The fourth-order valence-electron chi connectivity index (χ4n) is 2.95. The molecule has 3 heteroatoms. The lowest BCUT2D eigenvalue weighted by molar-refractivity contribution is 0.0985. The number of fused-ring (bicyclic) bond motifs is 1. The normalized spacial score (nSPS) is 13.8. The fourth-order valence-corrected chi connectivity index (χ4v) is 2.95. The van der Waals surface area contributed by atoms with E-state index >= 15 is 0 Å². The van der Waals surface area contributed by atoms with E-state index in [1.165, 1.54) is 11.1 Å². The predicted molar refractivity (Wildman–Crippen MR) is 86.9 cm³/mol. The summed E-state index contributed by atoms with van der Waals surface area (Å²) < 4.78 is 0. The lowest BCUT2D eigenvalue weighted by atomic mass is 10.0. The van der Waals surface area contributed by atoms with Crippen LogP contribution in [0, 0.1) is 0 Å². The molecule has 0 spiro atoms. The number of anilines is 2. The molecule has 0 saturated heterocycles. The molecule has 2 aromatic carbocycles. The first-order chi connectivity index (χ1) is 10.3. The van der Waals surface area contributed by atoms with Crippen LogP contribution in [0.5, 0.6) is 0 Å². The zero-order chi connectivity index (χ0) is 14.8. The molecule has 0 atom stereocenters. The van der Waals surface area contributed by atoms with E-state index in [0.29, 0.717) is 6.67 Å². The highest BCUT2D eigenvalue weighted by atomic mass is 16.2. The molecule has 1 aliphatic heterocycles. The second-order valence-electron chi connectivity index (χ2n) is 5.25. The number of nitrogens with zero attached hydrogens (tertiary/aromatic N) is 1. The largest absolute Gasteiger partial charge is 0.367 e. The SMILES string of the molecule is CCc1cccc(CC)c1N1CNc2ccccc2C1=O. The molecule has 2 aromatic rings. The molecule has 0 aliphatic carbocycles. The smallest absolute Gasteiger partial charge is 0.261 e. The molecule has 0 saturated carbocycles. The van der Waals surface area contributed by atoms with E-state index in [0.717, 1.165) is 29.8 Å². The number of amides is 1. The van der Waals surface area contributed by atoms with Gasteiger partial charge in [0, 0.05) is 5.69 Å². The molecule has 0 radical (unpaired) electrons. The molecule has 1 aliphatic rings. The highest BCUT2D eigenvalue weighted by molar-refractivity contribution is 6.12. The van der Waals surface area contributed by atoms with Crippen molar-refractivity contribution in [2.24, 2.45) is 0 Å². The first-order valence-corrected chi connectivity index (χ1v) is 7.51.